The van der Waals surface area contributed by atoms with Crippen LogP contribution in [0, 0.1) is 5.92 Å². The normalized spacial score (nSPS) is 32.6. The van der Waals surface area contributed by atoms with E-state index in [0.29, 0.717) is 12.1 Å². The number of hydrogen-bond donors (Lipinski definition) is 0. The van der Waals surface area contributed by atoms with Crippen molar-refractivity contribution in [3.05, 3.63) is 18.0 Å². The molecule has 1 aromatic rings. The van der Waals surface area contributed by atoms with Gasteiger partial charge in [0.15, 0.2) is 0 Å². The minimum atomic E-state index is 0.619. The number of aromatic nitrogens is 2. The van der Waals surface area contributed by atoms with Gasteiger partial charge in [0.25, 0.3) is 0 Å². The second-order valence-electron chi connectivity index (χ2n) is 8.21. The zero-order valence-corrected chi connectivity index (χ0v) is 15.8. The first-order valence-electron chi connectivity index (χ1n) is 9.91. The molecule has 0 radical (unpaired) electrons. The van der Waals surface area contributed by atoms with E-state index in [0.717, 1.165) is 25.6 Å². The van der Waals surface area contributed by atoms with E-state index in [1.807, 2.05) is 11.7 Å². The van der Waals surface area contributed by atoms with Gasteiger partial charge in [0.05, 0.1) is 12.8 Å². The summed E-state index contributed by atoms with van der Waals surface area (Å²) >= 11 is 0. The van der Waals surface area contributed by atoms with E-state index in [4.69, 9.17) is 4.74 Å². The van der Waals surface area contributed by atoms with Crippen LogP contribution in [0.5, 0.6) is 0 Å². The number of likely N-dealkylation sites (tertiary alicyclic amines) is 1. The molecule has 1 aromatic heterocycles. The Balaban J connectivity index is 1.46. The summed E-state index contributed by atoms with van der Waals surface area (Å²) in [6.45, 7) is 9.17. The van der Waals surface area contributed by atoms with E-state index < -0.39 is 0 Å². The van der Waals surface area contributed by atoms with Crippen molar-refractivity contribution in [1.29, 1.82) is 0 Å². The van der Waals surface area contributed by atoms with Crippen LogP contribution in [0.25, 0.3) is 0 Å². The van der Waals surface area contributed by atoms with Gasteiger partial charge in [-0.1, -0.05) is 0 Å². The van der Waals surface area contributed by atoms with Crippen LogP contribution in [0.4, 0.5) is 0 Å². The van der Waals surface area contributed by atoms with Crippen LogP contribution in [-0.4, -0.2) is 96.1 Å². The number of ether oxygens (including phenoxy) is 1. The Labute approximate surface area is 151 Å². The minimum absolute atomic E-state index is 0.619. The molecule has 3 aliphatic heterocycles. The van der Waals surface area contributed by atoms with Crippen molar-refractivity contribution in [3.63, 3.8) is 0 Å². The lowest BCUT2D eigenvalue weighted by molar-refractivity contribution is 0.0816. The molecule has 4 rings (SSSR count). The topological polar surface area (TPSA) is 36.8 Å². The average molecular weight is 348 g/mol. The molecule has 3 atom stereocenters. The highest BCUT2D eigenvalue weighted by atomic mass is 16.5. The highest BCUT2D eigenvalue weighted by molar-refractivity contribution is 5.10. The maximum absolute atomic E-state index is 5.62. The molecular formula is C19H33N5O. The Kier molecular flexibility index (Phi) is 5.41. The lowest BCUT2D eigenvalue weighted by Gasteiger charge is -2.40. The number of likely N-dealkylation sites (N-methyl/N-ethyl adjacent to an activating group) is 1. The summed E-state index contributed by atoms with van der Waals surface area (Å²) in [6, 6.07) is 1.31. The number of piperazine rings is 1. The fourth-order valence-corrected chi connectivity index (χ4v) is 4.85. The van der Waals surface area contributed by atoms with Gasteiger partial charge in [-0.15, -0.1) is 0 Å². The molecule has 4 heterocycles. The highest BCUT2D eigenvalue weighted by Gasteiger charge is 2.39. The molecular weight excluding hydrogens is 314 g/mol. The van der Waals surface area contributed by atoms with Gasteiger partial charge in [0.1, 0.15) is 0 Å². The van der Waals surface area contributed by atoms with Gasteiger partial charge in [-0.2, -0.15) is 5.10 Å². The molecule has 0 aromatic carbocycles. The third-order valence-electron chi connectivity index (χ3n) is 6.35. The van der Waals surface area contributed by atoms with Crippen molar-refractivity contribution < 1.29 is 4.74 Å². The van der Waals surface area contributed by atoms with Crippen LogP contribution < -0.4 is 0 Å². The average Bonchev–Trinajstić information content (AvgIpc) is 3.33. The van der Waals surface area contributed by atoms with Crippen LogP contribution in [0.15, 0.2) is 12.4 Å². The lowest BCUT2D eigenvalue weighted by Crippen LogP contribution is -2.53. The van der Waals surface area contributed by atoms with Crippen molar-refractivity contribution >= 4 is 0 Å². The van der Waals surface area contributed by atoms with Crippen LogP contribution in [0.1, 0.15) is 18.4 Å². The third kappa shape index (κ3) is 4.08. The van der Waals surface area contributed by atoms with Gasteiger partial charge in [-0.3, -0.25) is 14.5 Å². The van der Waals surface area contributed by atoms with E-state index in [9.17, 15) is 0 Å². The maximum atomic E-state index is 5.62. The number of nitrogens with zero attached hydrogens (tertiary/aromatic N) is 5. The zero-order chi connectivity index (χ0) is 17.2. The number of hydrogen-bond acceptors (Lipinski definition) is 5. The fraction of sp³-hybridized carbons (Fsp3) is 0.842. The summed E-state index contributed by atoms with van der Waals surface area (Å²) in [6.07, 6.45) is 7.91. The summed E-state index contributed by atoms with van der Waals surface area (Å²) in [5.41, 5.74) is 1.38. The molecule has 0 amide bonds. The Morgan fingerprint density at radius 2 is 1.96 bits per heavy atom. The van der Waals surface area contributed by atoms with E-state index in [1.165, 1.54) is 57.7 Å². The molecule has 0 N–H and O–H groups in total. The maximum Gasteiger partial charge on any atom is 0.0522 e. The molecule has 6 nitrogen and oxygen atoms in total. The SMILES string of the molecule is CN1CCN([C@@H]2CCN(C[C@@H]3CCOC3)[C@H]2Cc2cnn(C)c2)CC1. The van der Waals surface area contributed by atoms with Crippen LogP contribution in [-0.2, 0) is 18.2 Å². The molecule has 6 heteroatoms. The predicted molar refractivity (Wildman–Crippen MR) is 98.7 cm³/mol. The Morgan fingerprint density at radius 3 is 2.64 bits per heavy atom. The fourth-order valence-electron chi connectivity index (χ4n) is 4.85. The molecule has 0 aliphatic carbocycles. The molecule has 140 valence electrons. The van der Waals surface area contributed by atoms with Gasteiger partial charge >= 0.3 is 0 Å². The third-order valence-corrected chi connectivity index (χ3v) is 6.35. The van der Waals surface area contributed by atoms with Gasteiger partial charge in [-0.25, -0.2) is 0 Å². The number of rotatable bonds is 5. The Hall–Kier alpha value is -0.950. The standard InChI is InChI=1S/C19H33N5O/c1-21-6-8-23(9-7-21)18-3-5-24(14-16-4-10-25-15-16)19(18)11-17-12-20-22(2)13-17/h12-13,16,18-19H,3-11,14-15H2,1-2H3/t16-,18+,19-/m0/s1. The van der Waals surface area contributed by atoms with Crippen molar-refractivity contribution in [2.75, 3.05) is 59.5 Å². The molecule has 0 bridgehead atoms. The van der Waals surface area contributed by atoms with E-state index >= 15 is 0 Å². The first-order valence-corrected chi connectivity index (χ1v) is 9.91. The molecule has 25 heavy (non-hydrogen) atoms. The molecule has 3 fully saturated rings. The summed E-state index contributed by atoms with van der Waals surface area (Å²) in [5, 5.41) is 4.39. The zero-order valence-electron chi connectivity index (χ0n) is 15.8. The van der Waals surface area contributed by atoms with E-state index in [2.05, 4.69) is 39.2 Å². The molecule has 3 saturated heterocycles. The summed E-state index contributed by atoms with van der Waals surface area (Å²) in [4.78, 5) is 7.97. The Bertz CT molecular complexity index is 548. The highest BCUT2D eigenvalue weighted by Crippen LogP contribution is 2.29. The predicted octanol–water partition coefficient (Wildman–Crippen LogP) is 0.689. The second-order valence-corrected chi connectivity index (χ2v) is 8.21. The van der Waals surface area contributed by atoms with Crippen molar-refractivity contribution in [1.82, 2.24) is 24.5 Å². The summed E-state index contributed by atoms with van der Waals surface area (Å²) in [5.74, 6) is 0.725. The molecule has 0 saturated carbocycles. The van der Waals surface area contributed by atoms with E-state index in [-0.39, 0.29) is 0 Å². The quantitative estimate of drug-likeness (QED) is 0.783. The summed E-state index contributed by atoms with van der Waals surface area (Å²) in [7, 11) is 4.26. The van der Waals surface area contributed by atoms with Crippen LogP contribution >= 0.6 is 0 Å². The first-order chi connectivity index (χ1) is 12.2. The van der Waals surface area contributed by atoms with Gasteiger partial charge in [0, 0.05) is 71.2 Å². The lowest BCUT2D eigenvalue weighted by atomic mass is 9.99. The second kappa shape index (κ2) is 7.74. The first kappa shape index (κ1) is 17.5. The van der Waals surface area contributed by atoms with Gasteiger partial charge < -0.3 is 9.64 Å². The summed E-state index contributed by atoms with van der Waals surface area (Å²) < 4.78 is 7.56. The molecule has 0 spiro atoms. The number of aryl methyl sites for hydroxylation is 1. The Morgan fingerprint density at radius 1 is 1.12 bits per heavy atom. The van der Waals surface area contributed by atoms with E-state index in [1.54, 1.807) is 0 Å². The largest absolute Gasteiger partial charge is 0.381 e. The van der Waals surface area contributed by atoms with Crippen LogP contribution in [0.2, 0.25) is 0 Å². The van der Waals surface area contributed by atoms with Crippen molar-refractivity contribution in [2.45, 2.75) is 31.3 Å². The smallest absolute Gasteiger partial charge is 0.0522 e. The minimum Gasteiger partial charge on any atom is -0.381 e. The monoisotopic (exact) mass is 347 g/mol. The van der Waals surface area contributed by atoms with Crippen molar-refractivity contribution in [3.8, 4) is 0 Å². The van der Waals surface area contributed by atoms with Gasteiger partial charge in [0.2, 0.25) is 0 Å². The van der Waals surface area contributed by atoms with Crippen molar-refractivity contribution in [2.24, 2.45) is 13.0 Å². The van der Waals surface area contributed by atoms with Crippen LogP contribution in [0.3, 0.4) is 0 Å². The van der Waals surface area contributed by atoms with Gasteiger partial charge in [-0.05, 0) is 37.8 Å². The molecule has 0 unspecified atom stereocenters. The molecule has 3 aliphatic rings.